The van der Waals surface area contributed by atoms with Crippen LogP contribution in [0.1, 0.15) is 44.6 Å². The first-order valence-electron chi connectivity index (χ1n) is 7.50. The van der Waals surface area contributed by atoms with Crippen molar-refractivity contribution in [3.63, 3.8) is 0 Å². The summed E-state index contributed by atoms with van der Waals surface area (Å²) in [6, 6.07) is 8.27. The molecule has 0 radical (unpaired) electrons. The summed E-state index contributed by atoms with van der Waals surface area (Å²) in [6.07, 6.45) is 5.84. The molecule has 0 saturated carbocycles. The van der Waals surface area contributed by atoms with Gasteiger partial charge in [-0.15, -0.1) is 0 Å². The third kappa shape index (κ3) is 4.55. The number of hydrogen-bond acceptors (Lipinski definition) is 3. The van der Waals surface area contributed by atoms with Gasteiger partial charge in [0.25, 0.3) is 0 Å². The molecule has 1 aliphatic heterocycles. The Kier molecular flexibility index (Phi) is 5.45. The van der Waals surface area contributed by atoms with E-state index in [-0.39, 0.29) is 12.1 Å². The van der Waals surface area contributed by atoms with E-state index in [2.05, 4.69) is 12.1 Å². The smallest absolute Gasteiger partial charge is 0.306 e. The van der Waals surface area contributed by atoms with E-state index in [9.17, 15) is 4.79 Å². The molecule has 0 unspecified atom stereocenters. The van der Waals surface area contributed by atoms with Crippen LogP contribution in [0, 0.1) is 5.92 Å². The molecule has 0 bridgehead atoms. The summed E-state index contributed by atoms with van der Waals surface area (Å²) in [5.41, 5.74) is 1.33. The second-order valence-electron chi connectivity index (χ2n) is 5.70. The van der Waals surface area contributed by atoms with Crippen molar-refractivity contribution in [2.45, 2.75) is 51.6 Å². The topological polar surface area (TPSA) is 35.5 Å². The van der Waals surface area contributed by atoms with Gasteiger partial charge < -0.3 is 9.47 Å². The molecule has 2 atom stereocenters. The molecule has 1 saturated heterocycles. The fourth-order valence-electron chi connectivity index (χ4n) is 2.90. The first-order chi connectivity index (χ1) is 9.67. The summed E-state index contributed by atoms with van der Waals surface area (Å²) in [7, 11) is 1.68. The van der Waals surface area contributed by atoms with Crippen LogP contribution < -0.4 is 4.74 Å². The molecule has 0 N–H and O–H groups in total. The average Bonchev–Trinajstić information content (AvgIpc) is 2.50. The first-order valence-corrected chi connectivity index (χ1v) is 7.50. The Labute approximate surface area is 121 Å². The van der Waals surface area contributed by atoms with Crippen molar-refractivity contribution in [3.05, 3.63) is 29.8 Å². The highest BCUT2D eigenvalue weighted by molar-refractivity contribution is 5.69. The van der Waals surface area contributed by atoms with Gasteiger partial charge in [0.15, 0.2) is 0 Å². The molecule has 0 spiro atoms. The van der Waals surface area contributed by atoms with E-state index in [1.165, 1.54) is 12.0 Å². The van der Waals surface area contributed by atoms with Gasteiger partial charge in [0.2, 0.25) is 0 Å². The molecule has 1 aromatic rings. The van der Waals surface area contributed by atoms with E-state index in [4.69, 9.17) is 9.47 Å². The average molecular weight is 276 g/mol. The van der Waals surface area contributed by atoms with E-state index >= 15 is 0 Å². The molecule has 20 heavy (non-hydrogen) atoms. The number of ether oxygens (including phenoxy) is 2. The van der Waals surface area contributed by atoms with Crippen molar-refractivity contribution in [2.24, 2.45) is 5.92 Å². The molecular formula is C17H24O3. The number of hydrogen-bond donors (Lipinski definition) is 0. The fraction of sp³-hybridized carbons (Fsp3) is 0.588. The predicted molar refractivity (Wildman–Crippen MR) is 78.8 cm³/mol. The Hall–Kier alpha value is -1.51. The lowest BCUT2D eigenvalue weighted by molar-refractivity contribution is -0.148. The van der Waals surface area contributed by atoms with Crippen molar-refractivity contribution < 1.29 is 14.3 Å². The van der Waals surface area contributed by atoms with Crippen LogP contribution in [0.25, 0.3) is 0 Å². The van der Waals surface area contributed by atoms with E-state index in [0.29, 0.717) is 12.3 Å². The number of rotatable bonds is 3. The Bertz CT molecular complexity index is 424. The number of carbonyl (C=O) groups is 1. The van der Waals surface area contributed by atoms with Crippen molar-refractivity contribution in [1.29, 1.82) is 0 Å². The van der Waals surface area contributed by atoms with Gasteiger partial charge in [-0.25, -0.2) is 0 Å². The highest BCUT2D eigenvalue weighted by Crippen LogP contribution is 2.25. The predicted octanol–water partition coefficient (Wildman–Crippen LogP) is 3.75. The van der Waals surface area contributed by atoms with Crippen molar-refractivity contribution >= 4 is 5.97 Å². The second-order valence-corrected chi connectivity index (χ2v) is 5.70. The van der Waals surface area contributed by atoms with Gasteiger partial charge in [0, 0.05) is 6.42 Å². The van der Waals surface area contributed by atoms with Gasteiger partial charge in [0.1, 0.15) is 5.75 Å². The van der Waals surface area contributed by atoms with Crippen LogP contribution in [0.4, 0.5) is 0 Å². The zero-order chi connectivity index (χ0) is 14.4. The number of benzene rings is 1. The van der Waals surface area contributed by atoms with Crippen LogP contribution in [-0.2, 0) is 16.0 Å². The quantitative estimate of drug-likeness (QED) is 0.789. The summed E-state index contributed by atoms with van der Waals surface area (Å²) in [5.74, 6) is 1.44. The standard InChI is InChI=1S/C17H24O3/c1-13-11-15(5-3-4-6-17(18)20-13)12-14-7-9-16(19-2)10-8-14/h7-10,13,15H,3-6,11-12H2,1-2H3/t13-,15-/m0/s1. The Balaban J connectivity index is 1.96. The maximum atomic E-state index is 11.5. The van der Waals surface area contributed by atoms with Crippen LogP contribution >= 0.6 is 0 Å². The highest BCUT2D eigenvalue weighted by atomic mass is 16.5. The Morgan fingerprint density at radius 3 is 2.70 bits per heavy atom. The number of esters is 1. The third-order valence-corrected chi connectivity index (χ3v) is 3.92. The van der Waals surface area contributed by atoms with Crippen LogP contribution in [0.15, 0.2) is 24.3 Å². The van der Waals surface area contributed by atoms with Crippen molar-refractivity contribution in [2.75, 3.05) is 7.11 Å². The van der Waals surface area contributed by atoms with E-state index in [1.807, 2.05) is 19.1 Å². The van der Waals surface area contributed by atoms with Gasteiger partial charge in [0.05, 0.1) is 13.2 Å². The molecule has 1 aromatic carbocycles. The Morgan fingerprint density at radius 2 is 2.00 bits per heavy atom. The maximum absolute atomic E-state index is 11.5. The molecule has 1 heterocycles. The monoisotopic (exact) mass is 276 g/mol. The Morgan fingerprint density at radius 1 is 1.25 bits per heavy atom. The van der Waals surface area contributed by atoms with Gasteiger partial charge in [-0.1, -0.05) is 18.6 Å². The van der Waals surface area contributed by atoms with Crippen LogP contribution in [-0.4, -0.2) is 19.2 Å². The highest BCUT2D eigenvalue weighted by Gasteiger charge is 2.19. The third-order valence-electron chi connectivity index (χ3n) is 3.92. The summed E-state index contributed by atoms with van der Waals surface area (Å²) >= 11 is 0. The lowest BCUT2D eigenvalue weighted by atomic mass is 9.89. The first kappa shape index (κ1) is 14.9. The van der Waals surface area contributed by atoms with Gasteiger partial charge in [-0.3, -0.25) is 4.79 Å². The van der Waals surface area contributed by atoms with Gasteiger partial charge >= 0.3 is 5.97 Å². The zero-order valence-corrected chi connectivity index (χ0v) is 12.4. The summed E-state index contributed by atoms with van der Waals surface area (Å²) < 4.78 is 10.6. The lowest BCUT2D eigenvalue weighted by Gasteiger charge is -2.20. The SMILES string of the molecule is COc1ccc(C[C@H]2CCCCC(=O)O[C@@H](C)C2)cc1. The van der Waals surface area contributed by atoms with Crippen LogP contribution in [0.2, 0.25) is 0 Å². The molecule has 110 valence electrons. The minimum absolute atomic E-state index is 0.0313. The molecule has 2 rings (SSSR count). The molecule has 0 aliphatic carbocycles. The lowest BCUT2D eigenvalue weighted by Crippen LogP contribution is -2.18. The largest absolute Gasteiger partial charge is 0.497 e. The maximum Gasteiger partial charge on any atom is 0.306 e. The number of carbonyl (C=O) groups excluding carboxylic acids is 1. The summed E-state index contributed by atoms with van der Waals surface area (Å²) in [5, 5.41) is 0. The molecule has 1 aliphatic rings. The zero-order valence-electron chi connectivity index (χ0n) is 12.4. The van der Waals surface area contributed by atoms with Crippen LogP contribution in [0.5, 0.6) is 5.75 Å². The molecule has 0 aromatic heterocycles. The van der Waals surface area contributed by atoms with Crippen molar-refractivity contribution in [3.8, 4) is 5.75 Å². The summed E-state index contributed by atoms with van der Waals surface area (Å²) in [6.45, 7) is 2.00. The minimum Gasteiger partial charge on any atom is -0.497 e. The molecule has 0 amide bonds. The normalized spacial score (nSPS) is 24.2. The van der Waals surface area contributed by atoms with Crippen molar-refractivity contribution in [1.82, 2.24) is 0 Å². The fourth-order valence-corrected chi connectivity index (χ4v) is 2.90. The minimum atomic E-state index is -0.0393. The molecule has 3 nitrogen and oxygen atoms in total. The van der Waals surface area contributed by atoms with Gasteiger partial charge in [-0.05, 0) is 56.2 Å². The summed E-state index contributed by atoms with van der Waals surface area (Å²) in [4.78, 5) is 11.5. The van der Waals surface area contributed by atoms with Gasteiger partial charge in [-0.2, -0.15) is 0 Å². The van der Waals surface area contributed by atoms with E-state index < -0.39 is 0 Å². The van der Waals surface area contributed by atoms with E-state index in [1.54, 1.807) is 7.11 Å². The van der Waals surface area contributed by atoms with Crippen LogP contribution in [0.3, 0.4) is 0 Å². The molecular weight excluding hydrogens is 252 g/mol. The second kappa shape index (κ2) is 7.32. The molecule has 3 heteroatoms. The number of methoxy groups -OCH3 is 1. The number of cyclic esters (lactones) is 1. The van der Waals surface area contributed by atoms with E-state index in [0.717, 1.165) is 31.4 Å². The molecule has 1 fully saturated rings.